The first-order valence-electron chi connectivity index (χ1n) is 8.11. The van der Waals surface area contributed by atoms with Gasteiger partial charge in [-0.05, 0) is 36.4 Å². The summed E-state index contributed by atoms with van der Waals surface area (Å²) in [6.45, 7) is 0.402. The molecule has 0 fully saturated rings. The van der Waals surface area contributed by atoms with Gasteiger partial charge in [-0.15, -0.1) is 0 Å². The second-order valence-electron chi connectivity index (χ2n) is 5.93. The molecule has 0 aliphatic heterocycles. The van der Waals surface area contributed by atoms with Crippen LogP contribution in [0.2, 0.25) is 0 Å². The summed E-state index contributed by atoms with van der Waals surface area (Å²) >= 11 is 0. The smallest absolute Gasteiger partial charge is 0.296 e. The largest absolute Gasteiger partial charge is 0.370 e. The van der Waals surface area contributed by atoms with E-state index in [1.165, 1.54) is 0 Å². The number of benzene rings is 2. The maximum atomic E-state index is 12.2. The molecule has 1 atom stereocenters. The van der Waals surface area contributed by atoms with Gasteiger partial charge in [0.25, 0.3) is 10.2 Å². The van der Waals surface area contributed by atoms with Crippen LogP contribution in [0.3, 0.4) is 0 Å². The average Bonchev–Trinajstić information content (AvgIpc) is 2.57. The van der Waals surface area contributed by atoms with E-state index in [4.69, 9.17) is 22.3 Å². The van der Waals surface area contributed by atoms with E-state index >= 15 is 0 Å². The van der Waals surface area contributed by atoms with Crippen molar-refractivity contribution < 1.29 is 13.2 Å². The summed E-state index contributed by atoms with van der Waals surface area (Å²) in [7, 11) is -3.89. The van der Waals surface area contributed by atoms with Gasteiger partial charge in [0.1, 0.15) is 0 Å². The number of carbonyl (C=O) groups excluding carboxylic acids is 1. The average molecular weight is 393 g/mol. The Kier molecular flexibility index (Phi) is 6.55. The number of nitrogens with zero attached hydrogens (tertiary/aromatic N) is 1. The van der Waals surface area contributed by atoms with Gasteiger partial charge in [0.2, 0.25) is 5.91 Å². The zero-order chi connectivity index (χ0) is 20.0. The molecule has 0 aliphatic carbocycles. The van der Waals surface area contributed by atoms with E-state index in [0.717, 1.165) is 5.39 Å². The molecule has 0 heterocycles. The Morgan fingerprint density at radius 3 is 2.59 bits per heavy atom. The maximum Gasteiger partial charge on any atom is 0.296 e. The number of guanidine groups is 1. The lowest BCUT2D eigenvalue weighted by Gasteiger charge is -2.13. The molecule has 2 aromatic rings. The standard InChI is InChI=1S/C16H23N7O3S/c17-13(4-2-8-21-16(18)19)15(24)22-11-6-7-12-10(9-11)3-1-5-14(12)23-27(20,25)26/h1,3,5-7,9,13,23H,2,4,8,17H2,(H,22,24)(H4,18,19,21)(H2,20,25,26)/t13-/m0/s1. The van der Waals surface area contributed by atoms with Gasteiger partial charge in [0.05, 0.1) is 11.7 Å². The van der Waals surface area contributed by atoms with Crippen molar-refractivity contribution in [2.45, 2.75) is 18.9 Å². The number of carbonyl (C=O) groups is 1. The van der Waals surface area contributed by atoms with Crippen LogP contribution in [0, 0.1) is 0 Å². The molecule has 0 bridgehead atoms. The zero-order valence-corrected chi connectivity index (χ0v) is 15.4. The van der Waals surface area contributed by atoms with Gasteiger partial charge in [-0.25, -0.2) is 5.14 Å². The maximum absolute atomic E-state index is 12.2. The van der Waals surface area contributed by atoms with Crippen LogP contribution >= 0.6 is 0 Å². The summed E-state index contributed by atoms with van der Waals surface area (Å²) in [6, 6.07) is 9.41. The van der Waals surface area contributed by atoms with Crippen LogP contribution in [0.1, 0.15) is 12.8 Å². The van der Waals surface area contributed by atoms with Crippen molar-refractivity contribution in [1.29, 1.82) is 0 Å². The number of fused-ring (bicyclic) bond motifs is 1. The van der Waals surface area contributed by atoms with Gasteiger partial charge in [-0.3, -0.25) is 14.5 Å². The molecule has 146 valence electrons. The predicted octanol–water partition coefficient (Wildman–Crippen LogP) is -0.225. The first kappa shape index (κ1) is 20.4. The predicted molar refractivity (Wildman–Crippen MR) is 107 cm³/mol. The minimum absolute atomic E-state index is 0.000446. The summed E-state index contributed by atoms with van der Waals surface area (Å²) in [4.78, 5) is 16.0. The van der Waals surface area contributed by atoms with Gasteiger partial charge in [0.15, 0.2) is 5.96 Å². The third kappa shape index (κ3) is 6.40. The van der Waals surface area contributed by atoms with Gasteiger partial charge >= 0.3 is 0 Å². The fourth-order valence-electron chi connectivity index (χ4n) is 2.49. The minimum atomic E-state index is -3.89. The number of nitrogens with two attached hydrogens (primary N) is 4. The van der Waals surface area contributed by atoms with Gasteiger partial charge in [-0.1, -0.05) is 18.2 Å². The highest BCUT2D eigenvalue weighted by Crippen LogP contribution is 2.26. The third-order valence-corrected chi connectivity index (χ3v) is 4.21. The highest BCUT2D eigenvalue weighted by Gasteiger charge is 2.14. The second kappa shape index (κ2) is 8.66. The molecule has 0 radical (unpaired) electrons. The van der Waals surface area contributed by atoms with Crippen molar-refractivity contribution in [2.75, 3.05) is 16.6 Å². The van der Waals surface area contributed by atoms with Crippen LogP contribution in [0.4, 0.5) is 11.4 Å². The van der Waals surface area contributed by atoms with Gasteiger partial charge in [0, 0.05) is 17.6 Å². The summed E-state index contributed by atoms with van der Waals surface area (Å²) in [5.74, 6) is -0.335. The molecule has 10 nitrogen and oxygen atoms in total. The topological polar surface area (TPSA) is 192 Å². The van der Waals surface area contributed by atoms with Gasteiger partial charge < -0.3 is 22.5 Å². The zero-order valence-electron chi connectivity index (χ0n) is 14.6. The van der Waals surface area contributed by atoms with Crippen LogP contribution in [-0.2, 0) is 15.0 Å². The van der Waals surface area contributed by atoms with E-state index in [0.29, 0.717) is 36.1 Å². The number of anilines is 2. The van der Waals surface area contributed by atoms with Crippen molar-refractivity contribution >= 4 is 44.2 Å². The molecule has 1 amide bonds. The summed E-state index contributed by atoms with van der Waals surface area (Å²) in [6.07, 6.45) is 1.01. The first-order chi connectivity index (χ1) is 12.7. The fraction of sp³-hybridized carbons (Fsp3) is 0.250. The van der Waals surface area contributed by atoms with Crippen molar-refractivity contribution in [1.82, 2.24) is 0 Å². The summed E-state index contributed by atoms with van der Waals surface area (Å²) < 4.78 is 24.8. The number of hydrogen-bond donors (Lipinski definition) is 6. The Balaban J connectivity index is 2.06. The van der Waals surface area contributed by atoms with Crippen LogP contribution in [0.5, 0.6) is 0 Å². The molecule has 0 saturated heterocycles. The third-order valence-electron chi connectivity index (χ3n) is 3.70. The van der Waals surface area contributed by atoms with Crippen LogP contribution < -0.4 is 32.4 Å². The Morgan fingerprint density at radius 1 is 1.19 bits per heavy atom. The van der Waals surface area contributed by atoms with E-state index in [1.807, 2.05) is 0 Å². The molecule has 11 heteroatoms. The van der Waals surface area contributed by atoms with Crippen LogP contribution in [0.25, 0.3) is 10.8 Å². The molecule has 0 spiro atoms. The number of nitrogens with one attached hydrogen (secondary N) is 2. The molecular formula is C16H23N7O3S. The van der Waals surface area contributed by atoms with Crippen molar-refractivity contribution in [2.24, 2.45) is 27.3 Å². The highest BCUT2D eigenvalue weighted by atomic mass is 32.2. The SMILES string of the molecule is NC(N)=NCCC[C@H](N)C(=O)Nc1ccc2c(NS(N)(=O)=O)cccc2c1. The lowest BCUT2D eigenvalue weighted by molar-refractivity contribution is -0.117. The van der Waals surface area contributed by atoms with E-state index in [-0.39, 0.29) is 11.9 Å². The normalized spacial score (nSPS) is 12.4. The monoisotopic (exact) mass is 393 g/mol. The molecule has 10 N–H and O–H groups in total. The molecule has 0 aromatic heterocycles. The Hall–Kier alpha value is -2.89. The Bertz CT molecular complexity index is 956. The van der Waals surface area contributed by atoms with E-state index in [1.54, 1.807) is 36.4 Å². The number of amides is 1. The number of aliphatic imine (C=N–C) groups is 1. The molecule has 0 unspecified atom stereocenters. The van der Waals surface area contributed by atoms with Crippen molar-refractivity contribution in [3.05, 3.63) is 36.4 Å². The molecule has 0 aliphatic rings. The van der Waals surface area contributed by atoms with Gasteiger partial charge in [-0.2, -0.15) is 8.42 Å². The molecule has 0 saturated carbocycles. The first-order valence-corrected chi connectivity index (χ1v) is 9.65. The fourth-order valence-corrected chi connectivity index (χ4v) is 2.97. The Morgan fingerprint density at radius 2 is 1.93 bits per heavy atom. The second-order valence-corrected chi connectivity index (χ2v) is 7.23. The highest BCUT2D eigenvalue weighted by molar-refractivity contribution is 7.90. The quantitative estimate of drug-likeness (QED) is 0.204. The lowest BCUT2D eigenvalue weighted by atomic mass is 10.1. The van der Waals surface area contributed by atoms with E-state index in [2.05, 4.69) is 15.0 Å². The minimum Gasteiger partial charge on any atom is -0.370 e. The molecule has 2 rings (SSSR count). The number of hydrogen-bond acceptors (Lipinski definition) is 5. The van der Waals surface area contributed by atoms with Crippen LogP contribution in [0.15, 0.2) is 41.4 Å². The summed E-state index contributed by atoms with van der Waals surface area (Å²) in [5.41, 5.74) is 17.2. The molecule has 2 aromatic carbocycles. The molecule has 27 heavy (non-hydrogen) atoms. The van der Waals surface area contributed by atoms with Crippen molar-refractivity contribution in [3.8, 4) is 0 Å². The number of rotatable bonds is 8. The van der Waals surface area contributed by atoms with Crippen LogP contribution in [-0.4, -0.2) is 32.9 Å². The Labute approximate surface area is 157 Å². The van der Waals surface area contributed by atoms with Crippen molar-refractivity contribution in [3.63, 3.8) is 0 Å². The molecular weight excluding hydrogens is 370 g/mol. The lowest BCUT2D eigenvalue weighted by Crippen LogP contribution is -2.35. The van der Waals surface area contributed by atoms with E-state index < -0.39 is 16.3 Å². The van der Waals surface area contributed by atoms with E-state index in [9.17, 15) is 13.2 Å². The summed E-state index contributed by atoms with van der Waals surface area (Å²) in [5, 5.41) is 9.13.